The van der Waals surface area contributed by atoms with Crippen molar-refractivity contribution in [3.8, 4) is 6.07 Å². The molecule has 1 N–H and O–H groups in total. The molecule has 3 heteroatoms. The Balaban J connectivity index is 1.91. The Morgan fingerprint density at radius 3 is 2.56 bits per heavy atom. The lowest BCUT2D eigenvalue weighted by atomic mass is 10.1. The minimum atomic E-state index is 0.472. The monoisotopic (exact) mass is 239 g/mol. The summed E-state index contributed by atoms with van der Waals surface area (Å²) in [5, 5.41) is 12.0. The highest BCUT2D eigenvalue weighted by Gasteiger charge is 1.97. The fourth-order valence-electron chi connectivity index (χ4n) is 1.83. The van der Waals surface area contributed by atoms with Gasteiger partial charge in [-0.2, -0.15) is 5.26 Å². The third-order valence-electron chi connectivity index (χ3n) is 2.91. The van der Waals surface area contributed by atoms with Gasteiger partial charge in [0.05, 0.1) is 12.5 Å². The molecule has 2 rings (SSSR count). The molecule has 2 aromatic rings. The lowest BCUT2D eigenvalue weighted by Crippen LogP contribution is -1.98. The van der Waals surface area contributed by atoms with Crippen molar-refractivity contribution >= 4 is 5.69 Å². The first-order valence-corrected chi connectivity index (χ1v) is 6.16. The van der Waals surface area contributed by atoms with Gasteiger partial charge < -0.3 is 9.88 Å². The zero-order chi connectivity index (χ0) is 12.8. The van der Waals surface area contributed by atoms with Gasteiger partial charge in [0.25, 0.3) is 0 Å². The van der Waals surface area contributed by atoms with Crippen molar-refractivity contribution < 1.29 is 0 Å². The van der Waals surface area contributed by atoms with Crippen LogP contribution in [-0.2, 0) is 19.5 Å². The van der Waals surface area contributed by atoms with E-state index < -0.39 is 0 Å². The van der Waals surface area contributed by atoms with Gasteiger partial charge in [0.2, 0.25) is 0 Å². The van der Waals surface area contributed by atoms with Crippen LogP contribution >= 0.6 is 0 Å². The molecule has 3 nitrogen and oxygen atoms in total. The third-order valence-corrected chi connectivity index (χ3v) is 2.91. The number of anilines is 1. The van der Waals surface area contributed by atoms with Gasteiger partial charge in [0, 0.05) is 31.2 Å². The Bertz CT molecular complexity index is 532. The van der Waals surface area contributed by atoms with E-state index in [1.54, 1.807) is 0 Å². The van der Waals surface area contributed by atoms with E-state index in [-0.39, 0.29) is 0 Å². The lowest BCUT2D eigenvalue weighted by Gasteiger charge is -2.05. The maximum atomic E-state index is 8.60. The maximum Gasteiger partial charge on any atom is 0.0669 e. The van der Waals surface area contributed by atoms with Gasteiger partial charge in [-0.05, 0) is 36.2 Å². The summed E-state index contributed by atoms with van der Waals surface area (Å²) in [6.07, 6.45) is 4.71. The van der Waals surface area contributed by atoms with E-state index in [1.165, 1.54) is 5.56 Å². The van der Waals surface area contributed by atoms with E-state index in [0.717, 1.165) is 24.3 Å². The third kappa shape index (κ3) is 3.14. The van der Waals surface area contributed by atoms with Crippen LogP contribution in [0.2, 0.25) is 0 Å². The summed E-state index contributed by atoms with van der Waals surface area (Å²) in [6.45, 7) is 3.96. The topological polar surface area (TPSA) is 40.8 Å². The van der Waals surface area contributed by atoms with Crippen molar-refractivity contribution in [2.24, 2.45) is 0 Å². The smallest absolute Gasteiger partial charge is 0.0669 e. The predicted octanol–water partition coefficient (Wildman–Crippen LogP) is 3.19. The van der Waals surface area contributed by atoms with Crippen LogP contribution in [-0.4, -0.2) is 4.57 Å². The Labute approximate surface area is 108 Å². The van der Waals surface area contributed by atoms with Crippen LogP contribution in [0.1, 0.15) is 18.1 Å². The molecular weight excluding hydrogens is 222 g/mol. The standard InChI is InChI=1S/C15H17N3/c1-2-18-10-8-14(12-18)11-17-15-5-3-13(4-6-15)7-9-16/h3-6,8,10,12,17H,2,7,11H2,1H3. The molecule has 0 fully saturated rings. The van der Waals surface area contributed by atoms with Crippen LogP contribution in [0.15, 0.2) is 42.7 Å². The number of rotatable bonds is 5. The molecule has 0 aliphatic rings. The normalized spacial score (nSPS) is 10.0. The van der Waals surface area contributed by atoms with Crippen molar-refractivity contribution in [1.29, 1.82) is 5.26 Å². The molecule has 18 heavy (non-hydrogen) atoms. The number of aryl methyl sites for hydroxylation is 1. The quantitative estimate of drug-likeness (QED) is 0.870. The Hall–Kier alpha value is -2.21. The number of hydrogen-bond donors (Lipinski definition) is 1. The molecule has 0 bridgehead atoms. The first-order valence-electron chi connectivity index (χ1n) is 6.16. The van der Waals surface area contributed by atoms with Crippen molar-refractivity contribution in [2.45, 2.75) is 26.4 Å². The van der Waals surface area contributed by atoms with E-state index in [9.17, 15) is 0 Å². The van der Waals surface area contributed by atoms with Gasteiger partial charge >= 0.3 is 0 Å². The van der Waals surface area contributed by atoms with E-state index in [4.69, 9.17) is 5.26 Å². The minimum Gasteiger partial charge on any atom is -0.381 e. The highest BCUT2D eigenvalue weighted by Crippen LogP contribution is 2.11. The number of nitrogens with one attached hydrogen (secondary N) is 1. The Kier molecular flexibility index (Phi) is 4.03. The summed E-state index contributed by atoms with van der Waals surface area (Å²) in [4.78, 5) is 0. The van der Waals surface area contributed by atoms with Gasteiger partial charge in [-0.25, -0.2) is 0 Å². The van der Waals surface area contributed by atoms with Gasteiger partial charge in [-0.3, -0.25) is 0 Å². The van der Waals surface area contributed by atoms with Gasteiger partial charge in [0.1, 0.15) is 0 Å². The second-order valence-corrected chi connectivity index (χ2v) is 4.24. The molecule has 0 atom stereocenters. The van der Waals surface area contributed by atoms with Gasteiger partial charge in [-0.15, -0.1) is 0 Å². The zero-order valence-corrected chi connectivity index (χ0v) is 10.6. The van der Waals surface area contributed by atoms with Crippen LogP contribution < -0.4 is 5.32 Å². The van der Waals surface area contributed by atoms with Crippen LogP contribution in [0, 0.1) is 11.3 Å². The summed E-state index contributed by atoms with van der Waals surface area (Å²) in [5.74, 6) is 0. The van der Waals surface area contributed by atoms with Crippen LogP contribution in [0.3, 0.4) is 0 Å². The van der Waals surface area contributed by atoms with Gasteiger partial charge in [-0.1, -0.05) is 12.1 Å². The number of hydrogen-bond acceptors (Lipinski definition) is 2. The highest BCUT2D eigenvalue weighted by molar-refractivity contribution is 5.45. The largest absolute Gasteiger partial charge is 0.381 e. The average molecular weight is 239 g/mol. The summed E-state index contributed by atoms with van der Waals surface area (Å²) in [5.41, 5.74) is 3.42. The molecule has 0 aliphatic carbocycles. The molecule has 1 heterocycles. The van der Waals surface area contributed by atoms with Crippen LogP contribution in [0.4, 0.5) is 5.69 Å². The van der Waals surface area contributed by atoms with Crippen LogP contribution in [0.25, 0.3) is 0 Å². The molecule has 0 saturated heterocycles. The van der Waals surface area contributed by atoms with E-state index in [1.807, 2.05) is 24.3 Å². The SMILES string of the molecule is CCn1ccc(CNc2ccc(CC#N)cc2)c1. The van der Waals surface area contributed by atoms with Gasteiger partial charge in [0.15, 0.2) is 0 Å². The molecule has 92 valence electrons. The van der Waals surface area contributed by atoms with Crippen molar-refractivity contribution in [1.82, 2.24) is 4.57 Å². The number of aromatic nitrogens is 1. The Morgan fingerprint density at radius 1 is 1.17 bits per heavy atom. The van der Waals surface area contributed by atoms with E-state index >= 15 is 0 Å². The summed E-state index contributed by atoms with van der Waals surface area (Å²) >= 11 is 0. The summed E-state index contributed by atoms with van der Waals surface area (Å²) < 4.78 is 2.16. The van der Waals surface area contributed by atoms with Crippen molar-refractivity contribution in [3.63, 3.8) is 0 Å². The van der Waals surface area contributed by atoms with Crippen molar-refractivity contribution in [3.05, 3.63) is 53.9 Å². The molecule has 0 saturated carbocycles. The average Bonchev–Trinajstić information content (AvgIpc) is 2.86. The first kappa shape index (κ1) is 12.3. The van der Waals surface area contributed by atoms with E-state index in [2.05, 4.69) is 41.3 Å². The predicted molar refractivity (Wildman–Crippen MR) is 73.2 cm³/mol. The number of benzene rings is 1. The molecule has 0 unspecified atom stereocenters. The molecule has 0 radical (unpaired) electrons. The van der Waals surface area contributed by atoms with Crippen molar-refractivity contribution in [2.75, 3.05) is 5.32 Å². The first-order chi connectivity index (χ1) is 8.81. The minimum absolute atomic E-state index is 0.472. The van der Waals surface area contributed by atoms with E-state index in [0.29, 0.717) is 6.42 Å². The fourth-order valence-corrected chi connectivity index (χ4v) is 1.83. The summed E-state index contributed by atoms with van der Waals surface area (Å²) in [7, 11) is 0. The maximum absolute atomic E-state index is 8.60. The van der Waals surface area contributed by atoms with Crippen LogP contribution in [0.5, 0.6) is 0 Å². The second-order valence-electron chi connectivity index (χ2n) is 4.24. The molecule has 1 aromatic carbocycles. The lowest BCUT2D eigenvalue weighted by molar-refractivity contribution is 0.766. The molecule has 0 aliphatic heterocycles. The molecule has 0 amide bonds. The highest BCUT2D eigenvalue weighted by atomic mass is 14.9. The summed E-state index contributed by atoms with van der Waals surface area (Å²) in [6, 6.07) is 12.3. The number of nitrogens with zero attached hydrogens (tertiary/aromatic N) is 2. The fraction of sp³-hybridized carbons (Fsp3) is 0.267. The number of nitriles is 1. The molecule has 1 aromatic heterocycles. The molecular formula is C15H17N3. The second kappa shape index (κ2) is 5.92. The zero-order valence-electron chi connectivity index (χ0n) is 10.6. The Morgan fingerprint density at radius 2 is 1.94 bits per heavy atom. The molecule has 0 spiro atoms.